The van der Waals surface area contributed by atoms with E-state index in [1.807, 2.05) is 30.3 Å². The lowest BCUT2D eigenvalue weighted by atomic mass is 9.93. The normalized spacial score (nSPS) is 15.8. The SMILES string of the molecule is Cc1c(C(C)(C)C)sc(=NC(=O)Cc2ccccc2)n1CC1CC1. The number of hydrogen-bond donors (Lipinski definition) is 0. The summed E-state index contributed by atoms with van der Waals surface area (Å²) < 4.78 is 2.27. The summed E-state index contributed by atoms with van der Waals surface area (Å²) in [4.78, 5) is 19.1. The second-order valence-electron chi connectivity index (χ2n) is 7.77. The average molecular weight is 343 g/mol. The van der Waals surface area contributed by atoms with Crippen LogP contribution in [0, 0.1) is 12.8 Å². The molecule has 1 amide bonds. The molecule has 3 rings (SSSR count). The highest BCUT2D eigenvalue weighted by Crippen LogP contribution is 2.33. The number of thiazole rings is 1. The lowest BCUT2D eigenvalue weighted by Crippen LogP contribution is -2.20. The van der Waals surface area contributed by atoms with Gasteiger partial charge in [-0.15, -0.1) is 11.3 Å². The third-order valence-corrected chi connectivity index (χ3v) is 6.00. The molecule has 1 aromatic heterocycles. The standard InChI is InChI=1S/C20H26N2OS/c1-14-18(20(2,3)4)24-19(22(14)13-16-10-11-16)21-17(23)12-15-8-6-5-7-9-15/h5-9,16H,10-13H2,1-4H3. The fraction of sp³-hybridized carbons (Fsp3) is 0.500. The Labute approximate surface area is 148 Å². The van der Waals surface area contributed by atoms with E-state index in [-0.39, 0.29) is 11.3 Å². The Bertz CT molecular complexity index is 789. The maximum Gasteiger partial charge on any atom is 0.252 e. The first-order chi connectivity index (χ1) is 11.3. The molecule has 0 saturated heterocycles. The van der Waals surface area contributed by atoms with Gasteiger partial charge in [0.05, 0.1) is 6.42 Å². The van der Waals surface area contributed by atoms with Gasteiger partial charge in [-0.05, 0) is 36.7 Å². The van der Waals surface area contributed by atoms with E-state index in [0.29, 0.717) is 6.42 Å². The summed E-state index contributed by atoms with van der Waals surface area (Å²) in [5, 5.41) is 0. The van der Waals surface area contributed by atoms with Crippen molar-refractivity contribution in [3.63, 3.8) is 0 Å². The van der Waals surface area contributed by atoms with Crippen LogP contribution in [0.25, 0.3) is 0 Å². The molecule has 24 heavy (non-hydrogen) atoms. The third kappa shape index (κ3) is 4.04. The average Bonchev–Trinajstić information content (AvgIpc) is 3.27. The number of aromatic nitrogens is 1. The van der Waals surface area contributed by atoms with E-state index in [1.54, 1.807) is 11.3 Å². The number of nitrogens with zero attached hydrogens (tertiary/aromatic N) is 2. The fourth-order valence-corrected chi connectivity index (χ4v) is 4.17. The van der Waals surface area contributed by atoms with E-state index < -0.39 is 0 Å². The van der Waals surface area contributed by atoms with Gasteiger partial charge in [-0.25, -0.2) is 0 Å². The minimum absolute atomic E-state index is 0.0625. The van der Waals surface area contributed by atoms with Crippen LogP contribution in [0.2, 0.25) is 0 Å². The van der Waals surface area contributed by atoms with Gasteiger partial charge >= 0.3 is 0 Å². The first-order valence-corrected chi connectivity index (χ1v) is 9.48. The molecule has 1 aliphatic carbocycles. The molecular weight excluding hydrogens is 316 g/mol. The highest BCUT2D eigenvalue weighted by Gasteiger charge is 2.27. The van der Waals surface area contributed by atoms with Crippen molar-refractivity contribution in [2.24, 2.45) is 10.9 Å². The van der Waals surface area contributed by atoms with Crippen LogP contribution in [0.15, 0.2) is 35.3 Å². The first-order valence-electron chi connectivity index (χ1n) is 8.67. The van der Waals surface area contributed by atoms with E-state index in [0.717, 1.165) is 22.8 Å². The summed E-state index contributed by atoms with van der Waals surface area (Å²) in [5.41, 5.74) is 2.37. The molecular formula is C20H26N2OS. The van der Waals surface area contributed by atoms with Crippen LogP contribution in [-0.2, 0) is 23.2 Å². The molecule has 0 radical (unpaired) electrons. The topological polar surface area (TPSA) is 34.4 Å². The van der Waals surface area contributed by atoms with E-state index in [1.165, 1.54) is 23.4 Å². The molecule has 0 spiro atoms. The predicted molar refractivity (Wildman–Crippen MR) is 99.2 cm³/mol. The van der Waals surface area contributed by atoms with Crippen molar-refractivity contribution in [1.29, 1.82) is 0 Å². The predicted octanol–water partition coefficient (Wildman–Crippen LogP) is 4.24. The Balaban J connectivity index is 1.94. The summed E-state index contributed by atoms with van der Waals surface area (Å²) in [6.07, 6.45) is 2.96. The van der Waals surface area contributed by atoms with Crippen LogP contribution >= 0.6 is 11.3 Å². The summed E-state index contributed by atoms with van der Waals surface area (Å²) >= 11 is 1.68. The Kier molecular flexibility index (Phi) is 4.77. The molecule has 1 saturated carbocycles. The van der Waals surface area contributed by atoms with Gasteiger partial charge in [-0.2, -0.15) is 4.99 Å². The van der Waals surface area contributed by atoms with Crippen molar-refractivity contribution < 1.29 is 4.79 Å². The number of carbonyl (C=O) groups is 1. The lowest BCUT2D eigenvalue weighted by Gasteiger charge is -2.17. The van der Waals surface area contributed by atoms with Crippen LogP contribution in [0.1, 0.15) is 49.7 Å². The Hall–Kier alpha value is -1.68. The summed E-state index contributed by atoms with van der Waals surface area (Å²) in [7, 11) is 0. The molecule has 1 aromatic carbocycles. The largest absolute Gasteiger partial charge is 0.320 e. The van der Waals surface area contributed by atoms with Crippen molar-refractivity contribution in [2.75, 3.05) is 0 Å². The van der Waals surface area contributed by atoms with Gasteiger partial charge in [0.15, 0.2) is 4.80 Å². The smallest absolute Gasteiger partial charge is 0.252 e. The molecule has 128 valence electrons. The Morgan fingerprint density at radius 1 is 1.25 bits per heavy atom. The van der Waals surface area contributed by atoms with Crippen LogP contribution in [0.5, 0.6) is 0 Å². The van der Waals surface area contributed by atoms with Crippen LogP contribution in [0.3, 0.4) is 0 Å². The Morgan fingerprint density at radius 3 is 2.50 bits per heavy atom. The second-order valence-corrected chi connectivity index (χ2v) is 8.75. The Morgan fingerprint density at radius 2 is 1.92 bits per heavy atom. The zero-order chi connectivity index (χ0) is 17.3. The molecule has 0 unspecified atom stereocenters. The van der Waals surface area contributed by atoms with Gasteiger partial charge in [-0.1, -0.05) is 51.1 Å². The zero-order valence-corrected chi connectivity index (χ0v) is 15.8. The minimum Gasteiger partial charge on any atom is -0.320 e. The molecule has 0 bridgehead atoms. The molecule has 0 atom stereocenters. The summed E-state index contributed by atoms with van der Waals surface area (Å²) in [6.45, 7) is 9.84. The summed E-state index contributed by atoms with van der Waals surface area (Å²) in [6, 6.07) is 9.84. The molecule has 0 N–H and O–H groups in total. The quantitative estimate of drug-likeness (QED) is 0.818. The van der Waals surface area contributed by atoms with Gasteiger partial charge < -0.3 is 4.57 Å². The maximum atomic E-state index is 12.4. The van der Waals surface area contributed by atoms with Crippen molar-refractivity contribution >= 4 is 17.2 Å². The highest BCUT2D eigenvalue weighted by molar-refractivity contribution is 7.09. The van der Waals surface area contributed by atoms with Crippen LogP contribution < -0.4 is 4.80 Å². The van der Waals surface area contributed by atoms with Crippen LogP contribution in [0.4, 0.5) is 0 Å². The number of benzene rings is 1. The van der Waals surface area contributed by atoms with E-state index >= 15 is 0 Å². The molecule has 0 aliphatic heterocycles. The molecule has 2 aromatic rings. The maximum absolute atomic E-state index is 12.4. The number of rotatable bonds is 4. The zero-order valence-electron chi connectivity index (χ0n) is 15.0. The highest BCUT2D eigenvalue weighted by atomic mass is 32.1. The van der Waals surface area contributed by atoms with Crippen molar-refractivity contribution in [1.82, 2.24) is 4.57 Å². The van der Waals surface area contributed by atoms with Crippen molar-refractivity contribution in [3.05, 3.63) is 51.3 Å². The number of carbonyl (C=O) groups excluding carboxylic acids is 1. The molecule has 1 heterocycles. The monoisotopic (exact) mass is 342 g/mol. The molecule has 1 aliphatic rings. The van der Waals surface area contributed by atoms with Gasteiger partial charge in [-0.3, -0.25) is 4.79 Å². The van der Waals surface area contributed by atoms with E-state index in [9.17, 15) is 4.79 Å². The van der Waals surface area contributed by atoms with E-state index in [4.69, 9.17) is 0 Å². The van der Waals surface area contributed by atoms with Gasteiger partial charge in [0.25, 0.3) is 5.91 Å². The third-order valence-electron chi connectivity index (χ3n) is 4.40. The minimum atomic E-state index is -0.0625. The number of amides is 1. The van der Waals surface area contributed by atoms with Crippen molar-refractivity contribution in [2.45, 2.75) is 58.9 Å². The van der Waals surface area contributed by atoms with Crippen LogP contribution in [-0.4, -0.2) is 10.5 Å². The van der Waals surface area contributed by atoms with Crippen molar-refractivity contribution in [3.8, 4) is 0 Å². The number of hydrogen-bond acceptors (Lipinski definition) is 2. The van der Waals surface area contributed by atoms with Gasteiger partial charge in [0.2, 0.25) is 0 Å². The van der Waals surface area contributed by atoms with Gasteiger partial charge in [0, 0.05) is 17.1 Å². The summed E-state index contributed by atoms with van der Waals surface area (Å²) in [5.74, 6) is 0.696. The molecule has 4 heteroatoms. The molecule has 1 fully saturated rings. The van der Waals surface area contributed by atoms with Gasteiger partial charge in [0.1, 0.15) is 0 Å². The first kappa shape index (κ1) is 17.2. The fourth-order valence-electron chi connectivity index (χ4n) is 2.96. The molecule has 3 nitrogen and oxygen atoms in total. The second kappa shape index (κ2) is 6.67. The van der Waals surface area contributed by atoms with E-state index in [2.05, 4.69) is 37.3 Å². The lowest BCUT2D eigenvalue weighted by molar-refractivity contribution is -0.117.